The molecule has 1 atom stereocenters. The first-order valence-electron chi connectivity index (χ1n) is 7.11. The fourth-order valence-electron chi connectivity index (χ4n) is 2.36. The minimum atomic E-state index is -1.37. The number of hydrogen-bond donors (Lipinski definition) is 1. The summed E-state index contributed by atoms with van der Waals surface area (Å²) >= 11 is 12.1. The average Bonchev–Trinajstić information content (AvgIpc) is 2.54. The molecule has 2 aromatic carbocycles. The van der Waals surface area contributed by atoms with Gasteiger partial charge in [0, 0.05) is 21.3 Å². The maximum absolute atomic E-state index is 12.5. The second-order valence-electron chi connectivity index (χ2n) is 5.28. The molecule has 0 bridgehead atoms. The predicted octanol–water partition coefficient (Wildman–Crippen LogP) is 4.43. The number of nitrogens with zero attached hydrogens (tertiary/aromatic N) is 1. The molecule has 0 saturated carbocycles. The first-order chi connectivity index (χ1) is 11.4. The fraction of sp³-hybridized carbons (Fsp3) is 0.167. The molecule has 0 radical (unpaired) electrons. The molecular weight excluding hydrogens is 347 g/mol. The molecule has 1 N–H and O–H groups in total. The highest BCUT2D eigenvalue weighted by atomic mass is 35.5. The maximum atomic E-state index is 12.5. The first kappa shape index (κ1) is 18.0. The van der Waals surface area contributed by atoms with Crippen molar-refractivity contribution in [3.63, 3.8) is 0 Å². The summed E-state index contributed by atoms with van der Waals surface area (Å²) in [6.07, 6.45) is 0. The Hall–Kier alpha value is -2.35. The number of anilines is 1. The van der Waals surface area contributed by atoms with Gasteiger partial charge in [-0.15, -0.1) is 0 Å². The summed E-state index contributed by atoms with van der Waals surface area (Å²) < 4.78 is 0. The number of carbonyl (C=O) groups is 2. The van der Waals surface area contributed by atoms with Crippen molar-refractivity contribution in [2.45, 2.75) is 19.8 Å². The molecule has 0 aliphatic rings. The van der Waals surface area contributed by atoms with E-state index in [0.717, 1.165) is 11.1 Å². The number of nitrogens with one attached hydrogen (secondary N) is 1. The number of Topliss-reactive ketones (excluding diaryl/α,β-unsaturated/α-hetero) is 1. The predicted molar refractivity (Wildman–Crippen MR) is 94.4 cm³/mol. The summed E-state index contributed by atoms with van der Waals surface area (Å²) in [5.41, 5.74) is 2.34. The fourth-order valence-corrected chi connectivity index (χ4v) is 2.97. The van der Waals surface area contributed by atoms with Crippen LogP contribution >= 0.6 is 23.2 Å². The van der Waals surface area contributed by atoms with E-state index in [-0.39, 0.29) is 15.6 Å². The minimum Gasteiger partial charge on any atom is -0.319 e. The van der Waals surface area contributed by atoms with Crippen LogP contribution in [0.25, 0.3) is 0 Å². The average molecular weight is 361 g/mol. The van der Waals surface area contributed by atoms with E-state index in [2.05, 4.69) is 5.32 Å². The van der Waals surface area contributed by atoms with Crippen molar-refractivity contribution in [2.24, 2.45) is 0 Å². The van der Waals surface area contributed by atoms with E-state index in [4.69, 9.17) is 23.2 Å². The van der Waals surface area contributed by atoms with Crippen LogP contribution in [0.5, 0.6) is 0 Å². The number of carbonyl (C=O) groups excluding carboxylic acids is 2. The van der Waals surface area contributed by atoms with E-state index in [1.807, 2.05) is 38.1 Å². The van der Waals surface area contributed by atoms with Crippen molar-refractivity contribution in [3.8, 4) is 6.07 Å². The van der Waals surface area contributed by atoms with Crippen LogP contribution in [0.4, 0.5) is 5.69 Å². The molecule has 4 nitrogen and oxygen atoms in total. The van der Waals surface area contributed by atoms with Gasteiger partial charge in [0.05, 0.1) is 6.07 Å². The minimum absolute atomic E-state index is 0.144. The number of aryl methyl sites for hydroxylation is 2. The molecule has 0 heterocycles. The van der Waals surface area contributed by atoms with Crippen LogP contribution in [0.2, 0.25) is 10.0 Å². The second-order valence-corrected chi connectivity index (χ2v) is 6.10. The monoisotopic (exact) mass is 360 g/mol. The Bertz CT molecular complexity index is 816. The molecule has 0 unspecified atom stereocenters. The van der Waals surface area contributed by atoms with Gasteiger partial charge in [0.1, 0.15) is 5.92 Å². The van der Waals surface area contributed by atoms with Crippen LogP contribution in [0, 0.1) is 25.2 Å². The number of ketones is 1. The van der Waals surface area contributed by atoms with Gasteiger partial charge in [-0.05, 0) is 37.1 Å². The molecule has 2 rings (SSSR count). The van der Waals surface area contributed by atoms with Crippen molar-refractivity contribution in [1.29, 1.82) is 5.26 Å². The smallest absolute Gasteiger partial charge is 0.293 e. The third-order valence-corrected chi connectivity index (χ3v) is 4.28. The van der Waals surface area contributed by atoms with Gasteiger partial charge in [0.15, 0.2) is 0 Å². The number of benzene rings is 2. The van der Waals surface area contributed by atoms with Crippen LogP contribution in [-0.4, -0.2) is 11.7 Å². The standard InChI is InChI=1S/C18H14Cl2N2O2/c1-10-5-3-6-11(2)16(10)22-18(24)17(23)12(9-21)15-13(19)7-4-8-14(15)20/h3-8,12H,1-2H3,(H,22,24)/t12-/m0/s1. The maximum Gasteiger partial charge on any atom is 0.293 e. The van der Waals surface area contributed by atoms with E-state index >= 15 is 0 Å². The molecule has 24 heavy (non-hydrogen) atoms. The third kappa shape index (κ3) is 3.59. The topological polar surface area (TPSA) is 70.0 Å². The Labute approximate surface area is 150 Å². The number of para-hydroxylation sites is 1. The van der Waals surface area contributed by atoms with Crippen molar-refractivity contribution < 1.29 is 9.59 Å². The van der Waals surface area contributed by atoms with Gasteiger partial charge in [-0.2, -0.15) is 5.26 Å². The van der Waals surface area contributed by atoms with Gasteiger partial charge >= 0.3 is 0 Å². The molecule has 2 aromatic rings. The Balaban J connectivity index is 2.33. The third-order valence-electron chi connectivity index (χ3n) is 3.62. The van der Waals surface area contributed by atoms with Gasteiger partial charge in [0.25, 0.3) is 5.91 Å². The number of halogens is 2. The Morgan fingerprint density at radius 1 is 1.04 bits per heavy atom. The van der Waals surface area contributed by atoms with E-state index in [0.29, 0.717) is 5.69 Å². The van der Waals surface area contributed by atoms with Crippen LogP contribution < -0.4 is 5.32 Å². The number of amides is 1. The van der Waals surface area contributed by atoms with Crippen LogP contribution in [-0.2, 0) is 9.59 Å². The Morgan fingerprint density at radius 3 is 2.04 bits per heavy atom. The Kier molecular flexibility index (Phi) is 5.61. The van der Waals surface area contributed by atoms with Crippen molar-refractivity contribution >= 4 is 40.6 Å². The summed E-state index contributed by atoms with van der Waals surface area (Å²) in [5, 5.41) is 12.3. The summed E-state index contributed by atoms with van der Waals surface area (Å²) in [5.74, 6) is -3.15. The van der Waals surface area contributed by atoms with Crippen LogP contribution in [0.1, 0.15) is 22.6 Å². The second kappa shape index (κ2) is 7.48. The lowest BCUT2D eigenvalue weighted by Gasteiger charge is -2.14. The van der Waals surface area contributed by atoms with Crippen molar-refractivity contribution in [2.75, 3.05) is 5.32 Å². The molecule has 0 aromatic heterocycles. The highest BCUT2D eigenvalue weighted by Gasteiger charge is 2.30. The molecule has 1 amide bonds. The molecular formula is C18H14Cl2N2O2. The molecule has 0 saturated heterocycles. The zero-order valence-electron chi connectivity index (χ0n) is 13.1. The molecule has 0 fully saturated rings. The van der Waals surface area contributed by atoms with E-state index in [1.165, 1.54) is 12.1 Å². The molecule has 0 aliphatic carbocycles. The zero-order valence-corrected chi connectivity index (χ0v) is 14.6. The molecule has 6 heteroatoms. The quantitative estimate of drug-likeness (QED) is 0.820. The van der Waals surface area contributed by atoms with Crippen molar-refractivity contribution in [1.82, 2.24) is 0 Å². The van der Waals surface area contributed by atoms with Gasteiger partial charge in [-0.3, -0.25) is 9.59 Å². The zero-order chi connectivity index (χ0) is 17.9. The van der Waals surface area contributed by atoms with E-state index < -0.39 is 17.6 Å². The van der Waals surface area contributed by atoms with E-state index in [1.54, 1.807) is 6.07 Å². The summed E-state index contributed by atoms with van der Waals surface area (Å²) in [6, 6.07) is 11.9. The van der Waals surface area contributed by atoms with Gasteiger partial charge in [-0.1, -0.05) is 47.5 Å². The molecule has 122 valence electrons. The SMILES string of the molecule is Cc1cccc(C)c1NC(=O)C(=O)[C@@H](C#N)c1c(Cl)cccc1Cl. The van der Waals surface area contributed by atoms with Crippen molar-refractivity contribution in [3.05, 3.63) is 63.1 Å². The lowest BCUT2D eigenvalue weighted by Crippen LogP contribution is -2.28. The highest BCUT2D eigenvalue weighted by molar-refractivity contribution is 6.44. The summed E-state index contributed by atoms with van der Waals surface area (Å²) in [7, 11) is 0. The molecule has 0 spiro atoms. The number of rotatable bonds is 4. The number of hydrogen-bond acceptors (Lipinski definition) is 3. The first-order valence-corrected chi connectivity index (χ1v) is 7.87. The highest BCUT2D eigenvalue weighted by Crippen LogP contribution is 2.32. The number of nitriles is 1. The van der Waals surface area contributed by atoms with Gasteiger partial charge < -0.3 is 5.32 Å². The van der Waals surface area contributed by atoms with Crippen LogP contribution in [0.15, 0.2) is 36.4 Å². The van der Waals surface area contributed by atoms with E-state index in [9.17, 15) is 14.9 Å². The summed E-state index contributed by atoms with van der Waals surface area (Å²) in [4.78, 5) is 24.8. The normalized spacial score (nSPS) is 11.5. The van der Waals surface area contributed by atoms with Gasteiger partial charge in [-0.25, -0.2) is 0 Å². The molecule has 0 aliphatic heterocycles. The Morgan fingerprint density at radius 2 is 1.54 bits per heavy atom. The summed E-state index contributed by atoms with van der Waals surface area (Å²) in [6.45, 7) is 3.64. The van der Waals surface area contributed by atoms with Crippen LogP contribution in [0.3, 0.4) is 0 Å². The lowest BCUT2D eigenvalue weighted by molar-refractivity contribution is -0.135. The van der Waals surface area contributed by atoms with Gasteiger partial charge in [0.2, 0.25) is 5.78 Å². The largest absolute Gasteiger partial charge is 0.319 e. The lowest BCUT2D eigenvalue weighted by atomic mass is 9.95.